The Labute approximate surface area is 102 Å². The highest BCUT2D eigenvalue weighted by atomic mass is 16.4. The van der Waals surface area contributed by atoms with Gasteiger partial charge in [-0.2, -0.15) is 0 Å². The minimum atomic E-state index is -0.695. The molecule has 1 aliphatic carbocycles. The van der Waals surface area contributed by atoms with Crippen molar-refractivity contribution < 1.29 is 19.8 Å². The molecule has 2 unspecified atom stereocenters. The van der Waals surface area contributed by atoms with E-state index in [4.69, 9.17) is 10.2 Å². The van der Waals surface area contributed by atoms with Crippen LogP contribution >= 0.6 is 0 Å². The molecule has 2 atom stereocenters. The van der Waals surface area contributed by atoms with Gasteiger partial charge in [-0.05, 0) is 25.7 Å². The first kappa shape index (κ1) is 14.0. The van der Waals surface area contributed by atoms with E-state index < -0.39 is 11.9 Å². The second kappa shape index (κ2) is 7.30. The first-order valence-electron chi connectivity index (χ1n) is 6.57. The van der Waals surface area contributed by atoms with Crippen molar-refractivity contribution in [3.8, 4) is 0 Å². The van der Waals surface area contributed by atoms with Crippen molar-refractivity contribution in [2.45, 2.75) is 57.8 Å². The standard InChI is InChI=1S/C13H22O4/c14-12(15)10-6-2-1-3-7-11(13(16)17)9-5-4-8-10/h10-11H,1-9H2,(H,14,15)(H,16,17). The second-order valence-electron chi connectivity index (χ2n) is 4.99. The Kier molecular flexibility index (Phi) is 6.01. The summed E-state index contributed by atoms with van der Waals surface area (Å²) in [5.41, 5.74) is 0. The molecule has 0 aliphatic heterocycles. The monoisotopic (exact) mass is 242 g/mol. The molecule has 1 aliphatic rings. The molecule has 0 heterocycles. The molecule has 2 N–H and O–H groups in total. The number of carbonyl (C=O) groups is 2. The average Bonchev–Trinajstić information content (AvgIpc) is 2.31. The van der Waals surface area contributed by atoms with E-state index in [0.717, 1.165) is 44.9 Å². The van der Waals surface area contributed by atoms with Crippen molar-refractivity contribution in [2.24, 2.45) is 11.8 Å². The van der Waals surface area contributed by atoms with E-state index in [-0.39, 0.29) is 11.8 Å². The molecule has 4 heteroatoms. The Morgan fingerprint density at radius 1 is 0.647 bits per heavy atom. The highest BCUT2D eigenvalue weighted by molar-refractivity contribution is 5.70. The summed E-state index contributed by atoms with van der Waals surface area (Å²) in [6.45, 7) is 0. The van der Waals surface area contributed by atoms with Crippen molar-refractivity contribution >= 4 is 11.9 Å². The number of rotatable bonds is 2. The van der Waals surface area contributed by atoms with Crippen molar-refractivity contribution in [3.63, 3.8) is 0 Å². The van der Waals surface area contributed by atoms with Gasteiger partial charge in [0.2, 0.25) is 0 Å². The fraction of sp³-hybridized carbons (Fsp3) is 0.846. The third-order valence-electron chi connectivity index (χ3n) is 3.66. The third-order valence-corrected chi connectivity index (χ3v) is 3.66. The highest BCUT2D eigenvalue weighted by Gasteiger charge is 2.20. The number of carboxylic acids is 2. The predicted molar refractivity (Wildman–Crippen MR) is 63.8 cm³/mol. The average molecular weight is 242 g/mol. The predicted octanol–water partition coefficient (Wildman–Crippen LogP) is 2.91. The van der Waals surface area contributed by atoms with Crippen LogP contribution in [0.15, 0.2) is 0 Å². The Bertz CT molecular complexity index is 236. The van der Waals surface area contributed by atoms with E-state index in [1.54, 1.807) is 0 Å². The first-order valence-corrected chi connectivity index (χ1v) is 6.57. The van der Waals surface area contributed by atoms with Crippen LogP contribution in [0.5, 0.6) is 0 Å². The number of aliphatic carboxylic acids is 2. The summed E-state index contributed by atoms with van der Waals surface area (Å²) in [5.74, 6) is -1.84. The molecule has 0 aromatic heterocycles. The lowest BCUT2D eigenvalue weighted by atomic mass is 9.95. The molecule has 0 radical (unpaired) electrons. The van der Waals surface area contributed by atoms with Gasteiger partial charge in [0, 0.05) is 0 Å². The summed E-state index contributed by atoms with van der Waals surface area (Å²) in [6.07, 6.45) is 7.31. The van der Waals surface area contributed by atoms with Gasteiger partial charge in [0.05, 0.1) is 11.8 Å². The topological polar surface area (TPSA) is 74.6 Å². The van der Waals surface area contributed by atoms with Crippen LogP contribution in [-0.2, 0) is 9.59 Å². The molecule has 17 heavy (non-hydrogen) atoms. The SMILES string of the molecule is O=C(O)C1CCCCCC(C(=O)O)CCCC1. The minimum absolute atomic E-state index is 0.226. The van der Waals surface area contributed by atoms with E-state index in [0.29, 0.717) is 12.8 Å². The summed E-state index contributed by atoms with van der Waals surface area (Å²) in [5, 5.41) is 18.1. The van der Waals surface area contributed by atoms with Gasteiger partial charge < -0.3 is 10.2 Å². The lowest BCUT2D eigenvalue weighted by molar-refractivity contribution is -0.143. The van der Waals surface area contributed by atoms with Crippen LogP contribution in [0.3, 0.4) is 0 Å². The van der Waals surface area contributed by atoms with Crippen LogP contribution in [0.2, 0.25) is 0 Å². The lowest BCUT2D eigenvalue weighted by Crippen LogP contribution is -2.14. The number of hydrogen-bond acceptors (Lipinski definition) is 2. The molecule has 0 spiro atoms. The molecular weight excluding hydrogens is 220 g/mol. The van der Waals surface area contributed by atoms with Crippen LogP contribution in [0.4, 0.5) is 0 Å². The van der Waals surface area contributed by atoms with Crippen molar-refractivity contribution in [1.29, 1.82) is 0 Å². The smallest absolute Gasteiger partial charge is 0.306 e. The van der Waals surface area contributed by atoms with Gasteiger partial charge >= 0.3 is 11.9 Å². The summed E-state index contributed by atoms with van der Waals surface area (Å²) in [6, 6.07) is 0. The Balaban J connectivity index is 2.46. The maximum atomic E-state index is 11.0. The molecule has 4 nitrogen and oxygen atoms in total. The minimum Gasteiger partial charge on any atom is -0.481 e. The third kappa shape index (κ3) is 5.20. The molecule has 1 saturated carbocycles. The van der Waals surface area contributed by atoms with Crippen molar-refractivity contribution in [1.82, 2.24) is 0 Å². The largest absolute Gasteiger partial charge is 0.481 e. The molecule has 1 fully saturated rings. The van der Waals surface area contributed by atoms with Gasteiger partial charge in [0.1, 0.15) is 0 Å². The fourth-order valence-electron chi connectivity index (χ4n) is 2.52. The molecule has 0 aromatic carbocycles. The van der Waals surface area contributed by atoms with Gasteiger partial charge in [-0.25, -0.2) is 0 Å². The van der Waals surface area contributed by atoms with E-state index >= 15 is 0 Å². The van der Waals surface area contributed by atoms with Crippen LogP contribution in [0, 0.1) is 11.8 Å². The van der Waals surface area contributed by atoms with E-state index in [2.05, 4.69) is 0 Å². The van der Waals surface area contributed by atoms with E-state index in [1.165, 1.54) is 0 Å². The number of hydrogen-bond donors (Lipinski definition) is 2. The van der Waals surface area contributed by atoms with E-state index in [9.17, 15) is 9.59 Å². The van der Waals surface area contributed by atoms with Crippen LogP contribution in [0.25, 0.3) is 0 Å². The van der Waals surface area contributed by atoms with E-state index in [1.807, 2.05) is 0 Å². The maximum Gasteiger partial charge on any atom is 0.306 e. The zero-order chi connectivity index (χ0) is 12.7. The van der Waals surface area contributed by atoms with Gasteiger partial charge in [-0.15, -0.1) is 0 Å². The van der Waals surface area contributed by atoms with Gasteiger partial charge in [0.15, 0.2) is 0 Å². The fourth-order valence-corrected chi connectivity index (χ4v) is 2.52. The molecule has 0 amide bonds. The number of carboxylic acid groups (broad SMARTS) is 2. The van der Waals surface area contributed by atoms with Crippen LogP contribution < -0.4 is 0 Å². The molecule has 0 aromatic rings. The molecular formula is C13H22O4. The maximum absolute atomic E-state index is 11.0. The Morgan fingerprint density at radius 3 is 1.24 bits per heavy atom. The zero-order valence-electron chi connectivity index (χ0n) is 10.2. The molecule has 0 bridgehead atoms. The summed E-state index contributed by atoms with van der Waals surface area (Å²) >= 11 is 0. The Hall–Kier alpha value is -1.06. The van der Waals surface area contributed by atoms with Crippen molar-refractivity contribution in [2.75, 3.05) is 0 Å². The quantitative estimate of drug-likeness (QED) is 0.780. The summed E-state index contributed by atoms with van der Waals surface area (Å²) in [4.78, 5) is 22.0. The van der Waals surface area contributed by atoms with Crippen LogP contribution in [0.1, 0.15) is 57.8 Å². The highest BCUT2D eigenvalue weighted by Crippen LogP contribution is 2.24. The van der Waals surface area contributed by atoms with Crippen molar-refractivity contribution in [3.05, 3.63) is 0 Å². The zero-order valence-corrected chi connectivity index (χ0v) is 10.2. The van der Waals surface area contributed by atoms with Gasteiger partial charge in [0.25, 0.3) is 0 Å². The van der Waals surface area contributed by atoms with Crippen LogP contribution in [-0.4, -0.2) is 22.2 Å². The lowest BCUT2D eigenvalue weighted by Gasteiger charge is -2.11. The molecule has 1 rings (SSSR count). The summed E-state index contributed by atoms with van der Waals surface area (Å²) < 4.78 is 0. The first-order chi connectivity index (χ1) is 8.11. The second-order valence-corrected chi connectivity index (χ2v) is 4.99. The Morgan fingerprint density at radius 2 is 0.941 bits per heavy atom. The molecule has 0 saturated heterocycles. The molecule has 98 valence electrons. The van der Waals surface area contributed by atoms with Gasteiger partial charge in [-0.1, -0.05) is 32.1 Å². The van der Waals surface area contributed by atoms with Gasteiger partial charge in [-0.3, -0.25) is 9.59 Å². The summed E-state index contributed by atoms with van der Waals surface area (Å²) in [7, 11) is 0. The normalized spacial score (nSPS) is 28.0.